The molecule has 4 nitrogen and oxygen atoms in total. The Morgan fingerprint density at radius 1 is 1.32 bits per heavy atom. The summed E-state index contributed by atoms with van der Waals surface area (Å²) in [7, 11) is 1.22. The van der Waals surface area contributed by atoms with Crippen molar-refractivity contribution in [1.82, 2.24) is 4.90 Å². The first-order valence-corrected chi connectivity index (χ1v) is 5.32. The van der Waals surface area contributed by atoms with Gasteiger partial charge in [-0.15, -0.1) is 0 Å². The van der Waals surface area contributed by atoms with E-state index in [1.54, 1.807) is 0 Å². The topological polar surface area (TPSA) is 57.6 Å². The fourth-order valence-corrected chi connectivity index (χ4v) is 1.37. The minimum Gasteiger partial charge on any atom is -0.480 e. The van der Waals surface area contributed by atoms with Gasteiger partial charge >= 0.3 is 12.1 Å². The highest BCUT2D eigenvalue weighted by Gasteiger charge is 2.31. The summed E-state index contributed by atoms with van der Waals surface area (Å²) in [6.07, 6.45) is -4.55. The number of carbonyl (C=O) groups excluding carboxylic acids is 1. The van der Waals surface area contributed by atoms with Crippen LogP contribution >= 0.6 is 0 Å². The van der Waals surface area contributed by atoms with Crippen LogP contribution in [0.2, 0.25) is 0 Å². The largest absolute Gasteiger partial charge is 0.480 e. The van der Waals surface area contributed by atoms with E-state index in [0.717, 1.165) is 17.0 Å². The van der Waals surface area contributed by atoms with E-state index in [4.69, 9.17) is 5.11 Å². The van der Waals surface area contributed by atoms with Crippen molar-refractivity contribution in [2.24, 2.45) is 0 Å². The van der Waals surface area contributed by atoms with Crippen LogP contribution in [0.5, 0.6) is 0 Å². The number of carboxylic acids is 1. The molecule has 1 rings (SSSR count). The van der Waals surface area contributed by atoms with E-state index in [-0.39, 0.29) is 5.56 Å². The van der Waals surface area contributed by atoms with Gasteiger partial charge in [-0.3, -0.25) is 4.79 Å². The second-order valence-corrected chi connectivity index (χ2v) is 4.01. The molecule has 1 atom stereocenters. The standard InChI is InChI=1S/C12H12F3NO3/c1-7(11(18)19)16(2)10(17)8-4-3-5-9(6-8)12(13,14)15/h3-7H,1-2H3,(H,18,19). The molecule has 0 aliphatic rings. The molecule has 1 aromatic carbocycles. The molecule has 0 heterocycles. The number of alkyl halides is 3. The number of hydrogen-bond donors (Lipinski definition) is 1. The van der Waals surface area contributed by atoms with E-state index in [1.807, 2.05) is 0 Å². The van der Waals surface area contributed by atoms with Crippen molar-refractivity contribution in [3.05, 3.63) is 35.4 Å². The lowest BCUT2D eigenvalue weighted by molar-refractivity contribution is -0.141. The third-order valence-electron chi connectivity index (χ3n) is 2.70. The molecule has 0 saturated heterocycles. The normalized spacial score (nSPS) is 12.9. The maximum absolute atomic E-state index is 12.5. The third kappa shape index (κ3) is 3.46. The maximum atomic E-state index is 12.5. The van der Waals surface area contributed by atoms with Crippen LogP contribution in [0, 0.1) is 0 Å². The second-order valence-electron chi connectivity index (χ2n) is 4.01. The molecule has 0 aliphatic heterocycles. The molecule has 0 spiro atoms. The van der Waals surface area contributed by atoms with Crippen LogP contribution in [0.4, 0.5) is 13.2 Å². The minimum absolute atomic E-state index is 0.203. The average Bonchev–Trinajstić information content (AvgIpc) is 2.35. The first kappa shape index (κ1) is 15.0. The first-order valence-electron chi connectivity index (χ1n) is 5.32. The number of hydrogen-bond acceptors (Lipinski definition) is 2. The van der Waals surface area contributed by atoms with Gasteiger partial charge in [-0.2, -0.15) is 13.2 Å². The number of likely N-dealkylation sites (N-methyl/N-ethyl adjacent to an activating group) is 1. The molecule has 0 aromatic heterocycles. The van der Waals surface area contributed by atoms with Crippen LogP contribution in [-0.4, -0.2) is 35.0 Å². The van der Waals surface area contributed by atoms with Crippen LogP contribution < -0.4 is 0 Å². The van der Waals surface area contributed by atoms with Gasteiger partial charge < -0.3 is 10.0 Å². The molecule has 1 amide bonds. The van der Waals surface area contributed by atoms with Crippen molar-refractivity contribution < 1.29 is 27.9 Å². The Bertz CT molecular complexity index is 499. The zero-order valence-corrected chi connectivity index (χ0v) is 10.2. The van der Waals surface area contributed by atoms with Gasteiger partial charge in [0.2, 0.25) is 0 Å². The van der Waals surface area contributed by atoms with Gasteiger partial charge in [-0.05, 0) is 25.1 Å². The Morgan fingerprint density at radius 3 is 2.37 bits per heavy atom. The predicted octanol–water partition coefficient (Wildman–Crippen LogP) is 2.25. The molecule has 1 unspecified atom stereocenters. The van der Waals surface area contributed by atoms with Gasteiger partial charge in [0.1, 0.15) is 6.04 Å². The summed E-state index contributed by atoms with van der Waals surface area (Å²) in [5, 5.41) is 8.76. The third-order valence-corrected chi connectivity index (χ3v) is 2.70. The number of carboxylic acid groups (broad SMARTS) is 1. The lowest BCUT2D eigenvalue weighted by Gasteiger charge is -2.21. The van der Waals surface area contributed by atoms with Crippen molar-refractivity contribution in [2.75, 3.05) is 7.05 Å². The number of carbonyl (C=O) groups is 2. The summed E-state index contributed by atoms with van der Waals surface area (Å²) in [6.45, 7) is 1.27. The van der Waals surface area contributed by atoms with Crippen molar-refractivity contribution in [3.63, 3.8) is 0 Å². The fourth-order valence-electron chi connectivity index (χ4n) is 1.37. The van der Waals surface area contributed by atoms with Crippen LogP contribution in [-0.2, 0) is 11.0 Å². The lowest BCUT2D eigenvalue weighted by Crippen LogP contribution is -2.40. The van der Waals surface area contributed by atoms with Crippen molar-refractivity contribution >= 4 is 11.9 Å². The highest BCUT2D eigenvalue weighted by molar-refractivity contribution is 5.96. The molecule has 104 valence electrons. The van der Waals surface area contributed by atoms with E-state index in [0.29, 0.717) is 6.07 Å². The number of nitrogens with zero attached hydrogens (tertiary/aromatic N) is 1. The van der Waals surface area contributed by atoms with Gasteiger partial charge in [0.25, 0.3) is 5.91 Å². The van der Waals surface area contributed by atoms with Gasteiger partial charge in [0.15, 0.2) is 0 Å². The fraction of sp³-hybridized carbons (Fsp3) is 0.333. The molecule has 19 heavy (non-hydrogen) atoms. The number of aliphatic carboxylic acids is 1. The Kier molecular flexibility index (Phi) is 4.18. The summed E-state index contributed by atoms with van der Waals surface area (Å²) in [4.78, 5) is 23.5. The van der Waals surface area contributed by atoms with E-state index in [9.17, 15) is 22.8 Å². The Balaban J connectivity index is 3.04. The summed E-state index contributed by atoms with van der Waals surface area (Å²) in [5.74, 6) is -2.01. The Hall–Kier alpha value is -2.05. The van der Waals surface area contributed by atoms with Gasteiger partial charge in [0.05, 0.1) is 5.56 Å². The van der Waals surface area contributed by atoms with Crippen LogP contribution in [0.3, 0.4) is 0 Å². The molecular formula is C12H12F3NO3. The smallest absolute Gasteiger partial charge is 0.416 e. The number of rotatable bonds is 3. The van der Waals surface area contributed by atoms with Crippen LogP contribution in [0.15, 0.2) is 24.3 Å². The lowest BCUT2D eigenvalue weighted by atomic mass is 10.1. The molecule has 1 N–H and O–H groups in total. The summed E-state index contributed by atoms with van der Waals surface area (Å²) in [5.41, 5.74) is -1.15. The molecule has 0 radical (unpaired) electrons. The average molecular weight is 275 g/mol. The summed E-state index contributed by atoms with van der Waals surface area (Å²) in [6, 6.07) is 2.74. The first-order chi connectivity index (χ1) is 8.64. The SMILES string of the molecule is CC(C(=O)O)N(C)C(=O)c1cccc(C(F)(F)F)c1. The molecule has 0 aliphatic carbocycles. The second kappa shape index (κ2) is 5.29. The molecule has 7 heteroatoms. The maximum Gasteiger partial charge on any atom is 0.416 e. The van der Waals surface area contributed by atoms with E-state index < -0.39 is 29.7 Å². The number of amides is 1. The van der Waals surface area contributed by atoms with Crippen LogP contribution in [0.1, 0.15) is 22.8 Å². The van der Waals surface area contributed by atoms with Gasteiger partial charge in [-0.25, -0.2) is 4.79 Å². The van der Waals surface area contributed by atoms with Crippen LogP contribution in [0.25, 0.3) is 0 Å². The van der Waals surface area contributed by atoms with Crippen molar-refractivity contribution in [3.8, 4) is 0 Å². The van der Waals surface area contributed by atoms with E-state index in [2.05, 4.69) is 0 Å². The monoisotopic (exact) mass is 275 g/mol. The highest BCUT2D eigenvalue weighted by Crippen LogP contribution is 2.29. The molecule has 1 aromatic rings. The van der Waals surface area contributed by atoms with Gasteiger partial charge in [-0.1, -0.05) is 6.07 Å². The molecule has 0 bridgehead atoms. The zero-order chi connectivity index (χ0) is 14.8. The predicted molar refractivity (Wildman–Crippen MR) is 60.6 cm³/mol. The molecule has 0 saturated carbocycles. The zero-order valence-electron chi connectivity index (χ0n) is 10.2. The quantitative estimate of drug-likeness (QED) is 0.920. The van der Waals surface area contributed by atoms with Crippen molar-refractivity contribution in [1.29, 1.82) is 0 Å². The number of halogens is 3. The minimum atomic E-state index is -4.55. The Labute approximate surface area is 107 Å². The Morgan fingerprint density at radius 2 is 1.89 bits per heavy atom. The summed E-state index contributed by atoms with van der Waals surface area (Å²) < 4.78 is 37.5. The van der Waals surface area contributed by atoms with Gasteiger partial charge in [0, 0.05) is 12.6 Å². The van der Waals surface area contributed by atoms with Crippen molar-refractivity contribution in [2.45, 2.75) is 19.1 Å². The van der Waals surface area contributed by atoms with E-state index >= 15 is 0 Å². The summed E-state index contributed by atoms with van der Waals surface area (Å²) >= 11 is 0. The number of benzene rings is 1. The van der Waals surface area contributed by atoms with E-state index in [1.165, 1.54) is 20.0 Å². The molecular weight excluding hydrogens is 263 g/mol. The molecule has 0 fully saturated rings. The highest BCUT2D eigenvalue weighted by atomic mass is 19.4.